The highest BCUT2D eigenvalue weighted by molar-refractivity contribution is 7.89. The Morgan fingerprint density at radius 1 is 1.03 bits per heavy atom. The van der Waals surface area contributed by atoms with Gasteiger partial charge >= 0.3 is 0 Å². The lowest BCUT2D eigenvalue weighted by atomic mass is 10.0. The summed E-state index contributed by atoms with van der Waals surface area (Å²) < 4.78 is 43.5. The van der Waals surface area contributed by atoms with Crippen LogP contribution in [0.5, 0.6) is 0 Å². The van der Waals surface area contributed by atoms with Gasteiger partial charge in [-0.15, -0.1) is 0 Å². The van der Waals surface area contributed by atoms with Gasteiger partial charge in [0.25, 0.3) is 0 Å². The van der Waals surface area contributed by atoms with E-state index in [-0.39, 0.29) is 24.5 Å². The average Bonchev–Trinajstić information content (AvgIpc) is 2.77. The van der Waals surface area contributed by atoms with Gasteiger partial charge in [-0.05, 0) is 44.4 Å². The van der Waals surface area contributed by atoms with Crippen LogP contribution in [0.25, 0.3) is 0 Å². The number of halogens is 1. The van der Waals surface area contributed by atoms with Crippen molar-refractivity contribution < 1.29 is 17.6 Å². The van der Waals surface area contributed by atoms with Crippen molar-refractivity contribution in [1.82, 2.24) is 9.21 Å². The number of benzene rings is 2. The number of rotatable bonds is 4. The largest absolute Gasteiger partial charge is 0.365 e. The Bertz CT molecular complexity index is 1110. The van der Waals surface area contributed by atoms with Crippen LogP contribution in [0.4, 0.5) is 10.1 Å². The molecule has 4 rings (SSSR count). The Morgan fingerprint density at radius 2 is 1.76 bits per heavy atom. The summed E-state index contributed by atoms with van der Waals surface area (Å²) >= 11 is 0. The smallest absolute Gasteiger partial charge is 0.221 e. The van der Waals surface area contributed by atoms with Crippen LogP contribution in [0.3, 0.4) is 0 Å². The Morgan fingerprint density at radius 3 is 2.39 bits per heavy atom. The number of nitrogens with zero attached hydrogens (tertiary/aromatic N) is 3. The molecule has 2 aliphatic rings. The SMILES string of the molecule is CC(=O)N1CCN(c2ccc(CN3C(C)CCC(c4ccccc4)S3(=O)=O)c(F)c2)C(C)C1. The van der Waals surface area contributed by atoms with Crippen molar-refractivity contribution in [2.24, 2.45) is 0 Å². The van der Waals surface area contributed by atoms with Crippen LogP contribution in [0.1, 0.15) is 50.0 Å². The molecule has 2 saturated heterocycles. The Labute approximate surface area is 196 Å². The number of amides is 1. The monoisotopic (exact) mass is 473 g/mol. The van der Waals surface area contributed by atoms with Crippen molar-refractivity contribution in [3.8, 4) is 0 Å². The first-order valence-corrected chi connectivity index (χ1v) is 13.0. The van der Waals surface area contributed by atoms with Crippen molar-refractivity contribution in [3.63, 3.8) is 0 Å². The number of piperazine rings is 1. The van der Waals surface area contributed by atoms with E-state index < -0.39 is 21.1 Å². The van der Waals surface area contributed by atoms with Gasteiger partial charge < -0.3 is 9.80 Å². The fourth-order valence-corrected chi connectivity index (χ4v) is 7.18. The predicted molar refractivity (Wildman–Crippen MR) is 128 cm³/mol. The minimum atomic E-state index is -3.62. The number of carbonyl (C=O) groups excluding carboxylic acids is 1. The zero-order valence-electron chi connectivity index (χ0n) is 19.4. The van der Waals surface area contributed by atoms with Crippen LogP contribution in [0.2, 0.25) is 0 Å². The van der Waals surface area contributed by atoms with Crippen molar-refractivity contribution >= 4 is 21.6 Å². The van der Waals surface area contributed by atoms with Crippen LogP contribution in [0.15, 0.2) is 48.5 Å². The molecule has 0 aromatic heterocycles. The molecule has 2 heterocycles. The van der Waals surface area contributed by atoms with Crippen LogP contribution in [-0.4, -0.2) is 55.2 Å². The molecular formula is C25H32FN3O3S. The van der Waals surface area contributed by atoms with E-state index in [1.54, 1.807) is 17.9 Å². The van der Waals surface area contributed by atoms with E-state index in [2.05, 4.69) is 4.90 Å². The number of hydrogen-bond donors (Lipinski definition) is 0. The molecule has 3 unspecified atom stereocenters. The second kappa shape index (κ2) is 9.43. The molecule has 2 aliphatic heterocycles. The molecule has 2 fully saturated rings. The molecule has 0 radical (unpaired) electrons. The van der Waals surface area contributed by atoms with Crippen LogP contribution in [0, 0.1) is 5.82 Å². The summed E-state index contributed by atoms with van der Waals surface area (Å²) in [6.45, 7) is 7.34. The second-order valence-electron chi connectivity index (χ2n) is 9.20. The van der Waals surface area contributed by atoms with Crippen molar-refractivity contribution in [1.29, 1.82) is 0 Å². The van der Waals surface area contributed by atoms with Gasteiger partial charge in [0, 0.05) is 56.4 Å². The van der Waals surface area contributed by atoms with Gasteiger partial charge in [0.05, 0.1) is 0 Å². The minimum Gasteiger partial charge on any atom is -0.365 e. The summed E-state index contributed by atoms with van der Waals surface area (Å²) in [6, 6.07) is 14.2. The lowest BCUT2D eigenvalue weighted by Crippen LogP contribution is -2.53. The van der Waals surface area contributed by atoms with Gasteiger partial charge in [-0.3, -0.25) is 4.79 Å². The molecule has 2 aromatic carbocycles. The number of anilines is 1. The molecule has 1 amide bonds. The standard InChI is InChI=1S/C25H32FN3O3S/c1-18-9-12-25(21-7-5-4-6-8-21)33(31,32)29(18)17-22-10-11-23(15-24(22)26)28-14-13-27(20(3)30)16-19(28)2/h4-8,10-11,15,18-19,25H,9,12-14,16-17H2,1-3H3. The average molecular weight is 474 g/mol. The molecule has 0 N–H and O–H groups in total. The van der Waals surface area contributed by atoms with Crippen LogP contribution >= 0.6 is 0 Å². The molecule has 2 aromatic rings. The molecule has 3 atom stereocenters. The maximum absolute atomic E-state index is 15.2. The summed E-state index contributed by atoms with van der Waals surface area (Å²) in [4.78, 5) is 15.6. The maximum atomic E-state index is 15.2. The molecule has 0 aliphatic carbocycles. The fourth-order valence-electron chi connectivity index (χ4n) is 4.99. The quantitative estimate of drug-likeness (QED) is 0.675. The summed E-state index contributed by atoms with van der Waals surface area (Å²) in [5.74, 6) is -0.355. The van der Waals surface area contributed by atoms with E-state index in [0.29, 0.717) is 31.6 Å². The summed E-state index contributed by atoms with van der Waals surface area (Å²) in [6.07, 6.45) is 1.30. The lowest BCUT2D eigenvalue weighted by molar-refractivity contribution is -0.129. The summed E-state index contributed by atoms with van der Waals surface area (Å²) in [5, 5.41) is -0.601. The Balaban J connectivity index is 1.53. The Kier molecular flexibility index (Phi) is 6.77. The topological polar surface area (TPSA) is 60.9 Å². The Hall–Kier alpha value is -2.45. The first-order chi connectivity index (χ1) is 15.7. The third kappa shape index (κ3) is 4.77. The maximum Gasteiger partial charge on any atom is 0.221 e. The molecule has 0 bridgehead atoms. The van der Waals surface area contributed by atoms with Crippen molar-refractivity contribution in [2.45, 2.75) is 57.5 Å². The summed E-state index contributed by atoms with van der Waals surface area (Å²) in [7, 11) is -3.62. The molecule has 178 valence electrons. The number of sulfonamides is 1. The van der Waals surface area contributed by atoms with E-state index >= 15 is 4.39 Å². The van der Waals surface area contributed by atoms with Gasteiger partial charge in [0.1, 0.15) is 11.1 Å². The van der Waals surface area contributed by atoms with Crippen LogP contribution < -0.4 is 4.90 Å². The van der Waals surface area contributed by atoms with Gasteiger partial charge in [0.2, 0.25) is 15.9 Å². The molecular weight excluding hydrogens is 441 g/mol. The normalized spacial score (nSPS) is 25.8. The summed E-state index contributed by atoms with van der Waals surface area (Å²) in [5.41, 5.74) is 1.91. The highest BCUT2D eigenvalue weighted by atomic mass is 32.2. The highest BCUT2D eigenvalue weighted by Crippen LogP contribution is 2.38. The van der Waals surface area contributed by atoms with Crippen molar-refractivity contribution in [3.05, 3.63) is 65.5 Å². The second-order valence-corrected chi connectivity index (χ2v) is 11.3. The first-order valence-electron chi connectivity index (χ1n) is 11.5. The molecule has 0 spiro atoms. The zero-order chi connectivity index (χ0) is 23.8. The number of carbonyl (C=O) groups is 1. The predicted octanol–water partition coefficient (Wildman–Crippen LogP) is 3.94. The molecule has 6 nitrogen and oxygen atoms in total. The first kappa shape index (κ1) is 23.7. The highest BCUT2D eigenvalue weighted by Gasteiger charge is 2.40. The third-order valence-electron chi connectivity index (χ3n) is 6.96. The minimum absolute atomic E-state index is 0.0205. The van der Waals surface area contributed by atoms with E-state index in [0.717, 1.165) is 17.7 Å². The van der Waals surface area contributed by atoms with E-state index in [1.807, 2.05) is 50.2 Å². The number of hydrogen-bond acceptors (Lipinski definition) is 4. The molecule has 8 heteroatoms. The lowest BCUT2D eigenvalue weighted by Gasteiger charge is -2.41. The van der Waals surface area contributed by atoms with Gasteiger partial charge in [-0.25, -0.2) is 12.8 Å². The van der Waals surface area contributed by atoms with Gasteiger partial charge in [0.15, 0.2) is 0 Å². The van der Waals surface area contributed by atoms with E-state index in [4.69, 9.17) is 0 Å². The molecule has 33 heavy (non-hydrogen) atoms. The van der Waals surface area contributed by atoms with Crippen LogP contribution in [-0.2, 0) is 21.4 Å². The zero-order valence-corrected chi connectivity index (χ0v) is 20.3. The van der Waals surface area contributed by atoms with E-state index in [1.165, 1.54) is 10.4 Å². The van der Waals surface area contributed by atoms with Gasteiger partial charge in [-0.2, -0.15) is 4.31 Å². The molecule has 0 saturated carbocycles. The van der Waals surface area contributed by atoms with Crippen molar-refractivity contribution in [2.75, 3.05) is 24.5 Å². The third-order valence-corrected chi connectivity index (χ3v) is 9.33. The van der Waals surface area contributed by atoms with Gasteiger partial charge in [-0.1, -0.05) is 36.4 Å². The van der Waals surface area contributed by atoms with E-state index in [9.17, 15) is 13.2 Å². The fraction of sp³-hybridized carbons (Fsp3) is 0.480.